The number of hydrogen-bond acceptors (Lipinski definition) is 4. The number of benzene rings is 3. The first-order valence-corrected chi connectivity index (χ1v) is 15.0. The second kappa shape index (κ2) is 9.72. The zero-order chi connectivity index (χ0) is 29.9. The van der Waals surface area contributed by atoms with Gasteiger partial charge in [0, 0.05) is 30.1 Å². The van der Waals surface area contributed by atoms with Gasteiger partial charge in [0.2, 0.25) is 5.91 Å². The molecule has 1 heterocycles. The smallest absolute Gasteiger partial charge is 0.346 e. The van der Waals surface area contributed by atoms with Crippen LogP contribution in [-0.4, -0.2) is 30.3 Å². The molecule has 42 heavy (non-hydrogen) atoms. The van der Waals surface area contributed by atoms with Crippen LogP contribution in [0.25, 0.3) is 10.9 Å². The highest BCUT2D eigenvalue weighted by Crippen LogP contribution is 2.72. The maximum atomic E-state index is 13.6. The normalized spacial score (nSPS) is 23.1. The molecule has 0 radical (unpaired) electrons. The number of hydrogen-bond donors (Lipinski definition) is 2. The summed E-state index contributed by atoms with van der Waals surface area (Å²) in [4.78, 5) is 26.3. The SMILES string of the molecule is C[C@H]1C2(CC(=O)NS(=O)(=O)c3ccccc3)CC1(NC(=O)c1cccc3ccn(Cc4ccc(C(F)(F)F)cc4)c13)C2. The summed E-state index contributed by atoms with van der Waals surface area (Å²) in [5.41, 5.74) is 0.209. The van der Waals surface area contributed by atoms with Crippen LogP contribution in [0, 0.1) is 11.3 Å². The van der Waals surface area contributed by atoms with Crippen LogP contribution in [-0.2, 0) is 27.5 Å². The number of rotatable bonds is 8. The third-order valence-corrected chi connectivity index (χ3v) is 10.3. The average Bonchev–Trinajstić information content (AvgIpc) is 3.34. The molecule has 11 heteroatoms. The van der Waals surface area contributed by atoms with E-state index in [1.807, 2.05) is 23.6 Å². The minimum atomic E-state index is -4.41. The number of aromatic nitrogens is 1. The minimum absolute atomic E-state index is 0.0185. The van der Waals surface area contributed by atoms with Crippen molar-refractivity contribution in [1.82, 2.24) is 14.6 Å². The number of sulfonamides is 1. The molecule has 3 fully saturated rings. The van der Waals surface area contributed by atoms with Gasteiger partial charge in [-0.25, -0.2) is 13.1 Å². The summed E-state index contributed by atoms with van der Waals surface area (Å²) in [6, 6.07) is 19.9. The van der Waals surface area contributed by atoms with Gasteiger partial charge in [0.05, 0.1) is 21.5 Å². The Bertz CT molecular complexity index is 1790. The van der Waals surface area contributed by atoms with E-state index in [9.17, 15) is 31.2 Å². The zero-order valence-corrected chi connectivity index (χ0v) is 23.4. The number of nitrogens with one attached hydrogen (secondary N) is 2. The summed E-state index contributed by atoms with van der Waals surface area (Å²) in [6.07, 6.45) is -1.43. The van der Waals surface area contributed by atoms with Crippen LogP contribution in [0.5, 0.6) is 0 Å². The quantitative estimate of drug-likeness (QED) is 0.281. The fourth-order valence-corrected chi connectivity index (χ4v) is 7.65. The van der Waals surface area contributed by atoms with E-state index in [1.165, 1.54) is 24.3 Å². The highest BCUT2D eigenvalue weighted by Gasteiger charge is 2.74. The molecule has 3 saturated carbocycles. The van der Waals surface area contributed by atoms with Crippen molar-refractivity contribution in [1.29, 1.82) is 0 Å². The Hall–Kier alpha value is -4.12. The minimum Gasteiger partial charge on any atom is -0.346 e. The predicted molar refractivity (Wildman–Crippen MR) is 150 cm³/mol. The van der Waals surface area contributed by atoms with Gasteiger partial charge in [0.15, 0.2) is 0 Å². The Morgan fingerprint density at radius 1 is 0.952 bits per heavy atom. The molecule has 7 nitrogen and oxygen atoms in total. The molecule has 3 aliphatic rings. The molecule has 2 bridgehead atoms. The van der Waals surface area contributed by atoms with Gasteiger partial charge in [-0.05, 0) is 66.1 Å². The van der Waals surface area contributed by atoms with E-state index in [0.29, 0.717) is 29.5 Å². The fourth-order valence-electron chi connectivity index (χ4n) is 6.65. The fraction of sp³-hybridized carbons (Fsp3) is 0.290. The zero-order valence-electron chi connectivity index (χ0n) is 22.6. The largest absolute Gasteiger partial charge is 0.416 e. The van der Waals surface area contributed by atoms with E-state index >= 15 is 0 Å². The summed E-state index contributed by atoms with van der Waals surface area (Å²) < 4.78 is 68.0. The molecular weight excluding hydrogens is 567 g/mol. The first-order chi connectivity index (χ1) is 19.8. The molecule has 7 rings (SSSR count). The van der Waals surface area contributed by atoms with E-state index in [4.69, 9.17) is 0 Å². The number of fused-ring (bicyclic) bond motifs is 1. The Balaban J connectivity index is 1.13. The molecule has 0 spiro atoms. The molecule has 4 aromatic rings. The van der Waals surface area contributed by atoms with Crippen molar-refractivity contribution in [3.05, 3.63) is 102 Å². The van der Waals surface area contributed by atoms with Crippen LogP contribution in [0.3, 0.4) is 0 Å². The third-order valence-electron chi connectivity index (χ3n) is 8.93. The highest BCUT2D eigenvalue weighted by atomic mass is 32.2. The van der Waals surface area contributed by atoms with Gasteiger partial charge in [0.25, 0.3) is 15.9 Å². The average molecular weight is 596 g/mol. The van der Waals surface area contributed by atoms with Gasteiger partial charge >= 0.3 is 6.18 Å². The van der Waals surface area contributed by atoms with E-state index in [0.717, 1.165) is 17.5 Å². The van der Waals surface area contributed by atoms with E-state index < -0.39 is 33.2 Å². The number of para-hydroxylation sites is 1. The number of halogens is 3. The van der Waals surface area contributed by atoms with Crippen LogP contribution in [0.2, 0.25) is 0 Å². The van der Waals surface area contributed by atoms with Gasteiger partial charge < -0.3 is 9.88 Å². The number of carbonyl (C=O) groups is 2. The first kappa shape index (κ1) is 28.0. The van der Waals surface area contributed by atoms with Crippen LogP contribution in [0.4, 0.5) is 13.2 Å². The summed E-state index contributed by atoms with van der Waals surface area (Å²) in [6.45, 7) is 2.25. The molecule has 0 aliphatic heterocycles. The molecule has 3 aliphatic carbocycles. The number of carbonyl (C=O) groups excluding carboxylic acids is 2. The summed E-state index contributed by atoms with van der Waals surface area (Å²) in [5.74, 6) is -0.877. The number of nitrogens with zero attached hydrogens (tertiary/aromatic N) is 1. The maximum Gasteiger partial charge on any atom is 0.416 e. The molecular formula is C31H28F3N3O4S. The number of amides is 2. The summed E-state index contributed by atoms with van der Waals surface area (Å²) in [7, 11) is -3.96. The number of alkyl halides is 3. The lowest BCUT2D eigenvalue weighted by Gasteiger charge is -2.75. The Labute approximate surface area is 240 Å². The second-order valence-corrected chi connectivity index (χ2v) is 13.1. The summed E-state index contributed by atoms with van der Waals surface area (Å²) in [5, 5.41) is 3.99. The van der Waals surface area contributed by atoms with Crippen LogP contribution >= 0.6 is 0 Å². The second-order valence-electron chi connectivity index (χ2n) is 11.4. The van der Waals surface area contributed by atoms with Crippen LogP contribution in [0.15, 0.2) is 90.0 Å². The first-order valence-electron chi connectivity index (χ1n) is 13.5. The van der Waals surface area contributed by atoms with Crippen molar-refractivity contribution in [2.45, 2.75) is 49.3 Å². The molecule has 0 unspecified atom stereocenters. The standard InChI is InChI=1S/C31H28F3N3O4S/c1-20-29(16-26(38)36-42(40,41)24-7-3-2-4-8-24)18-30(20,19-29)35-28(39)25-9-5-6-22-14-15-37(27(22)25)17-21-10-12-23(13-11-21)31(32,33)34/h2-15,20H,16-19H2,1H3,(H,35,39)(H,36,38)/t20-,29?,30?/m0/s1. The van der Waals surface area contributed by atoms with Crippen molar-refractivity contribution < 1.29 is 31.2 Å². The van der Waals surface area contributed by atoms with Crippen molar-refractivity contribution in [3.8, 4) is 0 Å². The lowest BCUT2D eigenvalue weighted by atomic mass is 9.32. The monoisotopic (exact) mass is 595 g/mol. The molecule has 1 aromatic heterocycles. The lowest BCUT2D eigenvalue weighted by molar-refractivity contribution is -0.218. The topological polar surface area (TPSA) is 97.3 Å². The van der Waals surface area contributed by atoms with Crippen molar-refractivity contribution >= 4 is 32.7 Å². The molecule has 3 aromatic carbocycles. The molecule has 2 amide bonds. The Kier molecular flexibility index (Phi) is 6.49. The van der Waals surface area contributed by atoms with Gasteiger partial charge in [-0.15, -0.1) is 0 Å². The maximum absolute atomic E-state index is 13.6. The van der Waals surface area contributed by atoms with Gasteiger partial charge in [0.1, 0.15) is 0 Å². The summed E-state index contributed by atoms with van der Waals surface area (Å²) >= 11 is 0. The Morgan fingerprint density at radius 2 is 1.64 bits per heavy atom. The van der Waals surface area contributed by atoms with Crippen LogP contribution in [0.1, 0.15) is 47.7 Å². The van der Waals surface area contributed by atoms with Crippen LogP contribution < -0.4 is 10.0 Å². The van der Waals surface area contributed by atoms with E-state index in [2.05, 4.69) is 10.0 Å². The van der Waals surface area contributed by atoms with Gasteiger partial charge in [-0.3, -0.25) is 9.59 Å². The highest BCUT2D eigenvalue weighted by molar-refractivity contribution is 7.90. The van der Waals surface area contributed by atoms with Gasteiger partial charge in [-0.1, -0.05) is 49.4 Å². The third kappa shape index (κ3) is 4.75. The van der Waals surface area contributed by atoms with E-state index in [-0.39, 0.29) is 35.1 Å². The molecule has 2 N–H and O–H groups in total. The van der Waals surface area contributed by atoms with Crippen molar-refractivity contribution in [3.63, 3.8) is 0 Å². The molecule has 1 atom stereocenters. The molecule has 218 valence electrons. The lowest BCUT2D eigenvalue weighted by Crippen LogP contribution is -2.81. The van der Waals surface area contributed by atoms with Gasteiger partial charge in [-0.2, -0.15) is 13.2 Å². The Morgan fingerprint density at radius 3 is 2.29 bits per heavy atom. The van der Waals surface area contributed by atoms with E-state index in [1.54, 1.807) is 36.5 Å². The van der Waals surface area contributed by atoms with Crippen molar-refractivity contribution in [2.24, 2.45) is 11.3 Å². The van der Waals surface area contributed by atoms with Crippen molar-refractivity contribution in [2.75, 3.05) is 0 Å². The molecule has 0 saturated heterocycles. The predicted octanol–water partition coefficient (Wildman–Crippen LogP) is 5.50.